The predicted molar refractivity (Wildman–Crippen MR) is 202 cm³/mol. The van der Waals surface area contributed by atoms with Crippen LogP contribution in [0.5, 0.6) is 0 Å². The minimum atomic E-state index is -1.37. The summed E-state index contributed by atoms with van der Waals surface area (Å²) in [6.07, 6.45) is 2.82. The summed E-state index contributed by atoms with van der Waals surface area (Å²) in [7, 11) is 0. The number of halogens is 1. The summed E-state index contributed by atoms with van der Waals surface area (Å²) < 4.78 is 1.69. The van der Waals surface area contributed by atoms with E-state index in [4.69, 9.17) is 15.0 Å². The van der Waals surface area contributed by atoms with Crippen LogP contribution in [0.3, 0.4) is 0 Å². The van der Waals surface area contributed by atoms with Gasteiger partial charge in [-0.3, -0.25) is 14.7 Å². The minimum Gasteiger partial charge on any atom is -0.388 e. The number of urea groups is 2. The molecule has 17 heteroatoms. The molecule has 5 atom stereocenters. The second-order valence-corrected chi connectivity index (χ2v) is 13.5. The van der Waals surface area contributed by atoms with E-state index >= 15 is 0 Å². The van der Waals surface area contributed by atoms with Crippen LogP contribution in [-0.4, -0.2) is 108 Å². The number of aromatic nitrogens is 5. The van der Waals surface area contributed by atoms with Gasteiger partial charge in [0, 0.05) is 37.8 Å². The monoisotopic (exact) mass is 753 g/mol. The second kappa shape index (κ2) is 15.6. The third kappa shape index (κ3) is 7.22. The maximum absolute atomic E-state index is 12.8. The van der Waals surface area contributed by atoms with Gasteiger partial charge in [-0.2, -0.15) is 9.97 Å². The van der Waals surface area contributed by atoms with Gasteiger partial charge < -0.3 is 40.9 Å². The van der Waals surface area contributed by atoms with E-state index in [1.54, 1.807) is 35.4 Å². The molecule has 0 radical (unpaired) electrons. The molecule has 2 aliphatic heterocycles. The molecule has 3 aliphatic rings. The van der Waals surface area contributed by atoms with E-state index in [2.05, 4.69) is 50.5 Å². The lowest BCUT2D eigenvalue weighted by molar-refractivity contribution is -0.128. The van der Waals surface area contributed by atoms with Crippen LogP contribution in [0.4, 0.5) is 27.0 Å². The molecule has 2 saturated heterocycles. The fourth-order valence-corrected chi connectivity index (χ4v) is 7.55. The first-order valence-electron chi connectivity index (χ1n) is 17.6. The van der Waals surface area contributed by atoms with Crippen LogP contribution in [0.15, 0.2) is 91.5 Å². The number of hydrogen-bond acceptors (Lipinski definition) is 11. The largest absolute Gasteiger partial charge is 0.388 e. The molecule has 3 aromatic heterocycles. The summed E-state index contributed by atoms with van der Waals surface area (Å²) in [6, 6.07) is 21.1. The Kier molecular flexibility index (Phi) is 10.6. The van der Waals surface area contributed by atoms with E-state index in [0.717, 1.165) is 16.0 Å². The fraction of sp³-hybridized carbons (Fsp3) is 0.324. The molecule has 54 heavy (non-hydrogen) atoms. The Morgan fingerprint density at radius 2 is 1.67 bits per heavy atom. The first kappa shape index (κ1) is 36.5. The average molecular weight is 754 g/mol. The first-order valence-corrected chi connectivity index (χ1v) is 17.6. The van der Waals surface area contributed by atoms with Crippen LogP contribution in [0.2, 0.25) is 0 Å². The van der Waals surface area contributed by atoms with E-state index in [9.17, 15) is 24.6 Å². The molecule has 5 amide bonds. The number of amides is 5. The number of aliphatic hydroxyl groups is 2. The van der Waals surface area contributed by atoms with Crippen molar-refractivity contribution in [3.05, 3.63) is 103 Å². The summed E-state index contributed by atoms with van der Waals surface area (Å²) in [5.74, 6) is 0.387. The number of anilines is 3. The highest BCUT2D eigenvalue weighted by atomic mass is 35.5. The van der Waals surface area contributed by atoms with E-state index in [0.29, 0.717) is 54.7 Å². The maximum Gasteiger partial charge on any atom is 0.324 e. The Labute approximate surface area is 316 Å². The van der Waals surface area contributed by atoms with E-state index < -0.39 is 36.2 Å². The molecule has 5 aromatic rings. The highest BCUT2D eigenvalue weighted by Gasteiger charge is 2.50. The van der Waals surface area contributed by atoms with Gasteiger partial charge in [0.25, 0.3) is 0 Å². The van der Waals surface area contributed by atoms with E-state index in [1.165, 1.54) is 0 Å². The van der Waals surface area contributed by atoms with Crippen LogP contribution >= 0.6 is 12.4 Å². The Hall–Kier alpha value is -5.84. The predicted octanol–water partition coefficient (Wildman–Crippen LogP) is 2.87. The van der Waals surface area contributed by atoms with Crippen molar-refractivity contribution in [2.45, 2.75) is 49.1 Å². The Morgan fingerprint density at radius 1 is 0.944 bits per heavy atom. The van der Waals surface area contributed by atoms with Gasteiger partial charge in [0.15, 0.2) is 17.0 Å². The number of hydrogen-bond donors (Lipinski definition) is 6. The first-order chi connectivity index (χ1) is 25.8. The van der Waals surface area contributed by atoms with Crippen molar-refractivity contribution >= 4 is 59.0 Å². The minimum absolute atomic E-state index is 0. The van der Waals surface area contributed by atoms with Crippen molar-refractivity contribution < 1.29 is 24.6 Å². The van der Waals surface area contributed by atoms with Crippen LogP contribution in [0, 0.1) is 0 Å². The number of rotatable bonds is 10. The molecule has 5 heterocycles. The molecule has 280 valence electrons. The van der Waals surface area contributed by atoms with Crippen LogP contribution < -0.4 is 26.2 Å². The SMILES string of the molecule is Cl.O=C(Nc1cccnc1)N[C@@H]1CCN(c2nc(NCC(c3ccccc3)c3ccccc3)c3ncn([C@@H]4C[C@H](N5C(=O)CNC5=O)[C@@H](O)[C@H]4O)c3n2)C1. The molecule has 0 bridgehead atoms. The summed E-state index contributed by atoms with van der Waals surface area (Å²) in [5, 5.41) is 34.3. The highest BCUT2D eigenvalue weighted by molar-refractivity contribution is 6.02. The number of nitrogens with zero attached hydrogens (tertiary/aromatic N) is 7. The lowest BCUT2D eigenvalue weighted by Crippen LogP contribution is -2.46. The smallest absolute Gasteiger partial charge is 0.324 e. The zero-order valence-corrected chi connectivity index (χ0v) is 29.8. The topological polar surface area (TPSA) is 203 Å². The maximum atomic E-state index is 12.8. The highest BCUT2D eigenvalue weighted by Crippen LogP contribution is 2.38. The zero-order chi connectivity index (χ0) is 36.5. The fourth-order valence-electron chi connectivity index (χ4n) is 7.55. The summed E-state index contributed by atoms with van der Waals surface area (Å²) in [6.45, 7) is 1.32. The average Bonchev–Trinajstić information content (AvgIpc) is 3.96. The van der Waals surface area contributed by atoms with Crippen LogP contribution in [0.25, 0.3) is 11.2 Å². The Bertz CT molecular complexity index is 2050. The molecular formula is C37H40ClN11O5. The van der Waals surface area contributed by atoms with Gasteiger partial charge in [0.2, 0.25) is 11.9 Å². The number of aliphatic hydroxyl groups excluding tert-OH is 2. The van der Waals surface area contributed by atoms with Gasteiger partial charge in [0.1, 0.15) is 12.2 Å². The third-order valence-corrected chi connectivity index (χ3v) is 10.2. The molecule has 0 spiro atoms. The van der Waals surface area contributed by atoms with Crippen molar-refractivity contribution in [2.75, 3.05) is 41.7 Å². The number of benzene rings is 2. The molecule has 6 N–H and O–H groups in total. The second-order valence-electron chi connectivity index (χ2n) is 13.5. The van der Waals surface area contributed by atoms with Gasteiger partial charge in [-0.1, -0.05) is 60.7 Å². The van der Waals surface area contributed by atoms with Crippen molar-refractivity contribution in [1.29, 1.82) is 0 Å². The van der Waals surface area contributed by atoms with Crippen molar-refractivity contribution in [2.24, 2.45) is 0 Å². The lowest BCUT2D eigenvalue weighted by atomic mass is 9.91. The lowest BCUT2D eigenvalue weighted by Gasteiger charge is -2.23. The standard InChI is InChI=1S/C37H39N11O5.ClH/c49-29-19-40-37(53)48(29)28-16-27(31(50)32(28)51)47-21-41-30-33(39-18-26(22-8-3-1-4-9-22)23-10-5-2-6-11-23)44-35(45-34(30)47)46-15-13-25(20-46)43-36(52)42-24-12-7-14-38-17-24;/h1-12,14,17,21,25-28,31-32,50-51H,13,15-16,18-20H2,(H,40,53)(H,39,44,45)(H2,42,43,52);1H/t25-,27-,28+,31+,32-;/m1./s1. The number of fused-ring (bicyclic) bond motifs is 1. The van der Waals surface area contributed by atoms with Gasteiger partial charge in [-0.15, -0.1) is 12.4 Å². The molecule has 0 unspecified atom stereocenters. The molecular weight excluding hydrogens is 714 g/mol. The number of nitrogens with one attached hydrogen (secondary N) is 4. The quantitative estimate of drug-likeness (QED) is 0.115. The van der Waals surface area contributed by atoms with Crippen LogP contribution in [0.1, 0.15) is 35.9 Å². The van der Waals surface area contributed by atoms with E-state index in [1.807, 2.05) is 41.3 Å². The number of imide groups is 1. The third-order valence-electron chi connectivity index (χ3n) is 10.2. The zero-order valence-electron chi connectivity index (χ0n) is 29.0. The molecule has 1 aliphatic carbocycles. The molecule has 2 aromatic carbocycles. The normalized spacial score (nSPS) is 22.4. The van der Waals surface area contributed by atoms with Gasteiger partial charge >= 0.3 is 12.1 Å². The number of imidazole rings is 1. The summed E-state index contributed by atoms with van der Waals surface area (Å²) in [4.78, 5) is 59.5. The Morgan fingerprint density at radius 3 is 2.33 bits per heavy atom. The molecule has 3 fully saturated rings. The van der Waals surface area contributed by atoms with E-state index in [-0.39, 0.29) is 43.4 Å². The van der Waals surface area contributed by atoms with Gasteiger partial charge in [0.05, 0.1) is 36.8 Å². The van der Waals surface area contributed by atoms with Crippen LogP contribution in [-0.2, 0) is 4.79 Å². The number of carbonyl (C=O) groups excluding carboxylic acids is 3. The van der Waals surface area contributed by atoms with Crippen molar-refractivity contribution in [3.63, 3.8) is 0 Å². The van der Waals surface area contributed by atoms with Crippen molar-refractivity contribution in [3.8, 4) is 0 Å². The van der Waals surface area contributed by atoms with Gasteiger partial charge in [-0.05, 0) is 36.1 Å². The van der Waals surface area contributed by atoms with Gasteiger partial charge in [-0.25, -0.2) is 14.6 Å². The number of carbonyl (C=O) groups is 3. The van der Waals surface area contributed by atoms with Crippen molar-refractivity contribution in [1.82, 2.24) is 40.0 Å². The number of pyridine rings is 1. The summed E-state index contributed by atoms with van der Waals surface area (Å²) in [5.41, 5.74) is 3.69. The Balaban J connectivity index is 0.00000450. The molecule has 1 saturated carbocycles. The molecule has 16 nitrogen and oxygen atoms in total. The summed E-state index contributed by atoms with van der Waals surface area (Å²) >= 11 is 0. The molecule has 8 rings (SSSR count).